The molecule has 0 bridgehead atoms. The van der Waals surface area contributed by atoms with E-state index < -0.39 is 16.7 Å². The van der Waals surface area contributed by atoms with Gasteiger partial charge in [0, 0.05) is 29.4 Å². The van der Waals surface area contributed by atoms with Crippen LogP contribution in [0.25, 0.3) is 6.08 Å². The third kappa shape index (κ3) is 5.29. The maximum atomic E-state index is 12.8. The molecule has 2 amide bonds. The fourth-order valence-corrected chi connectivity index (χ4v) is 2.62. The highest BCUT2D eigenvalue weighted by Crippen LogP contribution is 2.18. The molecule has 30 heavy (non-hydrogen) atoms. The number of carbonyl (C=O) groups excluding carboxylic acids is 2. The number of nitrogens with one attached hydrogen (secondary N) is 2. The summed E-state index contributed by atoms with van der Waals surface area (Å²) in [6, 6.07) is 19.9. The number of nitro benzene ring substituents is 1. The van der Waals surface area contributed by atoms with Crippen LogP contribution in [0.1, 0.15) is 15.9 Å². The molecule has 3 aromatic rings. The van der Waals surface area contributed by atoms with Gasteiger partial charge in [-0.05, 0) is 35.9 Å². The highest BCUT2D eigenvalue weighted by Gasteiger charge is 2.16. The van der Waals surface area contributed by atoms with Gasteiger partial charge in [0.2, 0.25) is 0 Å². The zero-order valence-electron chi connectivity index (χ0n) is 15.6. The molecule has 0 aliphatic carbocycles. The van der Waals surface area contributed by atoms with E-state index in [-0.39, 0.29) is 17.1 Å². The molecule has 0 fully saturated rings. The van der Waals surface area contributed by atoms with E-state index in [1.165, 1.54) is 36.4 Å². The largest absolute Gasteiger partial charge is 0.508 e. The molecule has 0 aromatic heterocycles. The van der Waals surface area contributed by atoms with E-state index in [2.05, 4.69) is 10.6 Å². The number of benzene rings is 3. The van der Waals surface area contributed by atoms with Gasteiger partial charge in [-0.1, -0.05) is 36.4 Å². The van der Waals surface area contributed by atoms with Crippen molar-refractivity contribution in [1.82, 2.24) is 5.32 Å². The van der Waals surface area contributed by atoms with Crippen LogP contribution in [0, 0.1) is 10.1 Å². The summed E-state index contributed by atoms with van der Waals surface area (Å²) < 4.78 is 0. The van der Waals surface area contributed by atoms with Crippen LogP contribution < -0.4 is 10.6 Å². The van der Waals surface area contributed by atoms with Crippen LogP contribution in [-0.2, 0) is 4.79 Å². The van der Waals surface area contributed by atoms with Crippen molar-refractivity contribution in [3.63, 3.8) is 0 Å². The van der Waals surface area contributed by atoms with Crippen LogP contribution in [0.4, 0.5) is 11.4 Å². The van der Waals surface area contributed by atoms with Gasteiger partial charge in [-0.25, -0.2) is 0 Å². The van der Waals surface area contributed by atoms with Crippen LogP contribution in [0.5, 0.6) is 5.75 Å². The minimum Gasteiger partial charge on any atom is -0.508 e. The highest BCUT2D eigenvalue weighted by molar-refractivity contribution is 6.10. The number of amides is 2. The number of anilines is 1. The molecule has 0 unspecified atom stereocenters. The first-order chi connectivity index (χ1) is 14.4. The van der Waals surface area contributed by atoms with Gasteiger partial charge in [-0.2, -0.15) is 0 Å². The summed E-state index contributed by atoms with van der Waals surface area (Å²) in [5, 5.41) is 25.7. The fraction of sp³-hybridized carbons (Fsp3) is 0. The number of aromatic hydroxyl groups is 1. The average Bonchev–Trinajstić information content (AvgIpc) is 2.74. The van der Waals surface area contributed by atoms with Gasteiger partial charge in [0.15, 0.2) is 0 Å². The summed E-state index contributed by atoms with van der Waals surface area (Å²) in [6.45, 7) is 0. The first kappa shape index (κ1) is 20.3. The molecule has 0 heterocycles. The SMILES string of the molecule is O=C(Nc1cccc(O)c1)/C(=C/c1cccc([N+](=O)[O-])c1)NC(=O)c1ccccc1. The third-order valence-electron chi connectivity index (χ3n) is 4.02. The van der Waals surface area contributed by atoms with Crippen molar-refractivity contribution >= 4 is 29.3 Å². The number of non-ortho nitro benzene ring substituents is 1. The number of phenolic OH excluding ortho intramolecular Hbond substituents is 1. The molecule has 0 aliphatic heterocycles. The molecule has 0 atom stereocenters. The molecule has 3 rings (SSSR count). The molecule has 0 spiro atoms. The Balaban J connectivity index is 1.93. The molecule has 0 saturated heterocycles. The van der Waals surface area contributed by atoms with E-state index in [1.54, 1.807) is 48.5 Å². The lowest BCUT2D eigenvalue weighted by molar-refractivity contribution is -0.384. The Bertz CT molecular complexity index is 1130. The summed E-state index contributed by atoms with van der Waals surface area (Å²) in [7, 11) is 0. The Morgan fingerprint density at radius 3 is 2.37 bits per heavy atom. The van der Waals surface area contributed by atoms with Crippen LogP contribution in [0.15, 0.2) is 84.6 Å². The average molecular weight is 403 g/mol. The van der Waals surface area contributed by atoms with Crippen LogP contribution in [0.2, 0.25) is 0 Å². The van der Waals surface area contributed by atoms with Crippen molar-refractivity contribution in [2.24, 2.45) is 0 Å². The van der Waals surface area contributed by atoms with Crippen LogP contribution in [0.3, 0.4) is 0 Å². The van der Waals surface area contributed by atoms with E-state index in [0.717, 1.165) is 0 Å². The minimum absolute atomic E-state index is 0.0367. The van der Waals surface area contributed by atoms with Gasteiger partial charge < -0.3 is 15.7 Å². The molecule has 3 aromatic carbocycles. The fourth-order valence-electron chi connectivity index (χ4n) is 2.62. The maximum absolute atomic E-state index is 12.8. The predicted molar refractivity (Wildman–Crippen MR) is 112 cm³/mol. The second-order valence-electron chi connectivity index (χ2n) is 6.23. The lowest BCUT2D eigenvalue weighted by Gasteiger charge is -2.11. The van der Waals surface area contributed by atoms with Gasteiger partial charge in [0.05, 0.1) is 4.92 Å². The van der Waals surface area contributed by atoms with Gasteiger partial charge >= 0.3 is 0 Å². The second kappa shape index (κ2) is 9.16. The van der Waals surface area contributed by atoms with Crippen molar-refractivity contribution in [3.8, 4) is 5.75 Å². The number of nitrogens with zero attached hydrogens (tertiary/aromatic N) is 1. The van der Waals surface area contributed by atoms with Gasteiger partial charge in [-0.3, -0.25) is 19.7 Å². The molecular formula is C22H17N3O5. The van der Waals surface area contributed by atoms with Gasteiger partial charge in [-0.15, -0.1) is 0 Å². The summed E-state index contributed by atoms with van der Waals surface area (Å²) >= 11 is 0. The first-order valence-electron chi connectivity index (χ1n) is 8.85. The molecule has 8 nitrogen and oxygen atoms in total. The Morgan fingerprint density at radius 2 is 1.67 bits per heavy atom. The Labute approximate surface area is 171 Å². The zero-order valence-corrected chi connectivity index (χ0v) is 15.6. The number of hydrogen-bond donors (Lipinski definition) is 3. The molecule has 0 saturated carbocycles. The summed E-state index contributed by atoms with van der Waals surface area (Å²) in [4.78, 5) is 35.8. The summed E-state index contributed by atoms with van der Waals surface area (Å²) in [6.07, 6.45) is 1.34. The van der Waals surface area contributed by atoms with Crippen LogP contribution in [-0.4, -0.2) is 21.8 Å². The van der Waals surface area contributed by atoms with Gasteiger partial charge in [0.1, 0.15) is 11.4 Å². The van der Waals surface area contributed by atoms with E-state index in [0.29, 0.717) is 16.8 Å². The first-order valence-corrected chi connectivity index (χ1v) is 8.85. The third-order valence-corrected chi connectivity index (χ3v) is 4.02. The van der Waals surface area contributed by atoms with Gasteiger partial charge in [0.25, 0.3) is 17.5 Å². The van der Waals surface area contributed by atoms with Crippen molar-refractivity contribution in [1.29, 1.82) is 0 Å². The highest BCUT2D eigenvalue weighted by atomic mass is 16.6. The van der Waals surface area contributed by atoms with Crippen molar-refractivity contribution in [2.45, 2.75) is 0 Å². The lowest BCUT2D eigenvalue weighted by atomic mass is 10.1. The van der Waals surface area contributed by atoms with E-state index in [1.807, 2.05) is 0 Å². The Hall–Kier alpha value is -4.46. The topological polar surface area (TPSA) is 122 Å². The minimum atomic E-state index is -0.656. The van der Waals surface area contributed by atoms with Crippen molar-refractivity contribution in [3.05, 3.63) is 106 Å². The van der Waals surface area contributed by atoms with E-state index in [4.69, 9.17) is 0 Å². The lowest BCUT2D eigenvalue weighted by Crippen LogP contribution is -2.30. The molecule has 150 valence electrons. The predicted octanol–water partition coefficient (Wildman–Crippen LogP) is 3.71. The van der Waals surface area contributed by atoms with Crippen LogP contribution >= 0.6 is 0 Å². The van der Waals surface area contributed by atoms with Crippen molar-refractivity contribution in [2.75, 3.05) is 5.32 Å². The standard InChI is InChI=1S/C22H17N3O5/c26-19-11-5-9-17(14-19)23-22(28)20(24-21(27)16-7-2-1-3-8-16)13-15-6-4-10-18(12-15)25(29)30/h1-14,26H,(H,23,28)(H,24,27)/b20-13-. The quantitative estimate of drug-likeness (QED) is 0.329. The summed E-state index contributed by atoms with van der Waals surface area (Å²) in [5.41, 5.74) is 0.753. The normalized spacial score (nSPS) is 10.9. The number of hydrogen-bond acceptors (Lipinski definition) is 5. The zero-order chi connectivity index (χ0) is 21.5. The number of carbonyl (C=O) groups is 2. The van der Waals surface area contributed by atoms with E-state index >= 15 is 0 Å². The molecule has 3 N–H and O–H groups in total. The second-order valence-corrected chi connectivity index (χ2v) is 6.23. The Kier molecular flexibility index (Phi) is 6.19. The monoisotopic (exact) mass is 403 g/mol. The molecule has 0 aliphatic rings. The number of phenols is 1. The molecule has 0 radical (unpaired) electrons. The molecule has 8 heteroatoms. The number of nitro groups is 1. The summed E-state index contributed by atoms with van der Waals surface area (Å²) in [5.74, 6) is -1.21. The number of rotatable bonds is 6. The Morgan fingerprint density at radius 1 is 0.933 bits per heavy atom. The smallest absolute Gasteiger partial charge is 0.272 e. The van der Waals surface area contributed by atoms with E-state index in [9.17, 15) is 24.8 Å². The molecular weight excluding hydrogens is 386 g/mol. The maximum Gasteiger partial charge on any atom is 0.272 e. The van der Waals surface area contributed by atoms with Crippen molar-refractivity contribution < 1.29 is 19.6 Å².